The lowest BCUT2D eigenvalue weighted by Crippen LogP contribution is -2.40. The van der Waals surface area contributed by atoms with Crippen molar-refractivity contribution < 1.29 is 4.79 Å². The molecule has 1 spiro atoms. The van der Waals surface area contributed by atoms with Crippen LogP contribution in [0.5, 0.6) is 0 Å². The van der Waals surface area contributed by atoms with Crippen molar-refractivity contribution >= 4 is 22.4 Å². The predicted molar refractivity (Wildman–Crippen MR) is 84.4 cm³/mol. The van der Waals surface area contributed by atoms with Crippen LogP contribution in [0.1, 0.15) is 46.0 Å². The van der Waals surface area contributed by atoms with E-state index < -0.39 is 0 Å². The standard InChI is InChI=1S/C15H24N4OS/c1-11(2)17-13(20)12-3-4-15(9-12)5-7-19(8-6-15)14-18-16-10-21-14/h10-12H,3-9H2,1-2H3,(H,17,20)/t12-/m1/s1. The Labute approximate surface area is 130 Å². The molecule has 21 heavy (non-hydrogen) atoms. The maximum atomic E-state index is 12.2. The smallest absolute Gasteiger partial charge is 0.223 e. The molecule has 1 aliphatic heterocycles. The van der Waals surface area contributed by atoms with Gasteiger partial charge in [0, 0.05) is 25.0 Å². The summed E-state index contributed by atoms with van der Waals surface area (Å²) in [7, 11) is 0. The summed E-state index contributed by atoms with van der Waals surface area (Å²) >= 11 is 1.61. The molecule has 0 bridgehead atoms. The molecule has 116 valence electrons. The van der Waals surface area contributed by atoms with Crippen LogP contribution in [-0.2, 0) is 4.79 Å². The molecule has 1 saturated heterocycles. The van der Waals surface area contributed by atoms with Gasteiger partial charge in [0.1, 0.15) is 5.51 Å². The molecule has 3 rings (SSSR count). The molecule has 0 radical (unpaired) electrons. The van der Waals surface area contributed by atoms with Crippen LogP contribution in [0.3, 0.4) is 0 Å². The molecule has 0 unspecified atom stereocenters. The summed E-state index contributed by atoms with van der Waals surface area (Å²) < 4.78 is 0. The minimum atomic E-state index is 0.223. The van der Waals surface area contributed by atoms with E-state index in [4.69, 9.17) is 0 Å². The van der Waals surface area contributed by atoms with E-state index in [0.717, 1.165) is 31.1 Å². The largest absolute Gasteiger partial charge is 0.354 e. The number of piperidine rings is 1. The van der Waals surface area contributed by atoms with Crippen molar-refractivity contribution in [2.75, 3.05) is 18.0 Å². The van der Waals surface area contributed by atoms with Crippen molar-refractivity contribution in [3.63, 3.8) is 0 Å². The van der Waals surface area contributed by atoms with Crippen LogP contribution < -0.4 is 10.2 Å². The van der Waals surface area contributed by atoms with Crippen LogP contribution in [0.25, 0.3) is 0 Å². The van der Waals surface area contributed by atoms with E-state index in [1.54, 1.807) is 16.8 Å². The molecule has 1 N–H and O–H groups in total. The third-order valence-corrected chi connectivity index (χ3v) is 5.70. The number of nitrogens with one attached hydrogen (secondary N) is 1. The molecular formula is C15H24N4OS. The summed E-state index contributed by atoms with van der Waals surface area (Å²) in [5.41, 5.74) is 2.18. The molecule has 1 amide bonds. The fourth-order valence-corrected chi connectivity index (χ4v) is 4.38. The number of amides is 1. The normalized spacial score (nSPS) is 24.7. The van der Waals surface area contributed by atoms with E-state index in [1.165, 1.54) is 19.3 Å². The van der Waals surface area contributed by atoms with Gasteiger partial charge in [-0.3, -0.25) is 4.79 Å². The zero-order valence-electron chi connectivity index (χ0n) is 12.8. The van der Waals surface area contributed by atoms with Gasteiger partial charge in [-0.05, 0) is 51.4 Å². The summed E-state index contributed by atoms with van der Waals surface area (Å²) in [6.45, 7) is 6.16. The van der Waals surface area contributed by atoms with Gasteiger partial charge in [0.2, 0.25) is 11.0 Å². The topological polar surface area (TPSA) is 58.1 Å². The second-order valence-corrected chi connectivity index (χ2v) is 7.62. The van der Waals surface area contributed by atoms with Gasteiger partial charge in [-0.2, -0.15) is 0 Å². The van der Waals surface area contributed by atoms with Gasteiger partial charge in [-0.15, -0.1) is 10.2 Å². The Balaban J connectivity index is 1.55. The van der Waals surface area contributed by atoms with Gasteiger partial charge < -0.3 is 10.2 Å². The van der Waals surface area contributed by atoms with Crippen LogP contribution in [0.4, 0.5) is 5.13 Å². The molecular weight excluding hydrogens is 284 g/mol. The summed E-state index contributed by atoms with van der Waals surface area (Å²) in [6, 6.07) is 0.244. The van der Waals surface area contributed by atoms with E-state index in [1.807, 2.05) is 13.8 Å². The quantitative estimate of drug-likeness (QED) is 0.932. The lowest BCUT2D eigenvalue weighted by Gasteiger charge is -2.39. The SMILES string of the molecule is CC(C)NC(=O)[C@@H]1CCC2(CCN(c3nncs3)CC2)C1. The molecule has 1 aliphatic carbocycles. The van der Waals surface area contributed by atoms with Gasteiger partial charge in [0.05, 0.1) is 0 Å². The number of hydrogen-bond donors (Lipinski definition) is 1. The molecule has 1 saturated carbocycles. The van der Waals surface area contributed by atoms with Gasteiger partial charge >= 0.3 is 0 Å². The Hall–Kier alpha value is -1.17. The lowest BCUT2D eigenvalue weighted by molar-refractivity contribution is -0.125. The van der Waals surface area contributed by atoms with Crippen molar-refractivity contribution in [1.29, 1.82) is 0 Å². The van der Waals surface area contributed by atoms with Crippen molar-refractivity contribution in [3.8, 4) is 0 Å². The number of nitrogens with zero attached hydrogens (tertiary/aromatic N) is 3. The van der Waals surface area contributed by atoms with E-state index in [9.17, 15) is 4.79 Å². The van der Waals surface area contributed by atoms with Gasteiger partial charge in [0.15, 0.2) is 0 Å². The molecule has 2 fully saturated rings. The first-order valence-corrected chi connectivity index (χ1v) is 8.77. The van der Waals surface area contributed by atoms with Crippen molar-refractivity contribution in [2.45, 2.75) is 52.0 Å². The van der Waals surface area contributed by atoms with E-state index in [-0.39, 0.29) is 17.9 Å². The molecule has 5 nitrogen and oxygen atoms in total. The minimum Gasteiger partial charge on any atom is -0.354 e. The zero-order chi connectivity index (χ0) is 14.9. The third kappa shape index (κ3) is 3.20. The first kappa shape index (κ1) is 14.8. The fraction of sp³-hybridized carbons (Fsp3) is 0.800. The number of anilines is 1. The zero-order valence-corrected chi connectivity index (χ0v) is 13.7. The average Bonchev–Trinajstić information content (AvgIpc) is 3.09. The number of carbonyl (C=O) groups excluding carboxylic acids is 1. The van der Waals surface area contributed by atoms with Crippen LogP contribution in [0, 0.1) is 11.3 Å². The fourth-order valence-electron chi connectivity index (χ4n) is 3.76. The highest BCUT2D eigenvalue weighted by Crippen LogP contribution is 2.49. The summed E-state index contributed by atoms with van der Waals surface area (Å²) in [5.74, 6) is 0.480. The molecule has 1 aromatic rings. The highest BCUT2D eigenvalue weighted by molar-refractivity contribution is 7.13. The molecule has 1 aromatic heterocycles. The second-order valence-electron chi connectivity index (χ2n) is 6.81. The molecule has 6 heteroatoms. The van der Waals surface area contributed by atoms with E-state index >= 15 is 0 Å². The lowest BCUT2D eigenvalue weighted by atomic mass is 9.76. The van der Waals surface area contributed by atoms with Crippen molar-refractivity contribution in [3.05, 3.63) is 5.51 Å². The first-order chi connectivity index (χ1) is 10.1. The number of aromatic nitrogens is 2. The predicted octanol–water partition coefficient (Wildman–Crippen LogP) is 2.45. The van der Waals surface area contributed by atoms with E-state index in [0.29, 0.717) is 5.41 Å². The van der Waals surface area contributed by atoms with Gasteiger partial charge in [-0.25, -0.2) is 0 Å². The van der Waals surface area contributed by atoms with Crippen LogP contribution in [0.2, 0.25) is 0 Å². The molecule has 0 aromatic carbocycles. The highest BCUT2D eigenvalue weighted by atomic mass is 32.1. The number of carbonyl (C=O) groups is 1. The number of hydrogen-bond acceptors (Lipinski definition) is 5. The molecule has 2 aliphatic rings. The first-order valence-electron chi connectivity index (χ1n) is 7.89. The summed E-state index contributed by atoms with van der Waals surface area (Å²) in [5, 5.41) is 12.2. The minimum absolute atomic E-state index is 0.223. The van der Waals surface area contributed by atoms with Crippen LogP contribution in [-0.4, -0.2) is 35.2 Å². The van der Waals surface area contributed by atoms with Crippen LogP contribution >= 0.6 is 11.3 Å². The van der Waals surface area contributed by atoms with Crippen LogP contribution in [0.15, 0.2) is 5.51 Å². The highest BCUT2D eigenvalue weighted by Gasteiger charge is 2.43. The Morgan fingerprint density at radius 3 is 2.81 bits per heavy atom. The molecule has 1 atom stereocenters. The molecule has 2 heterocycles. The second kappa shape index (κ2) is 5.91. The third-order valence-electron chi connectivity index (χ3n) is 4.95. The van der Waals surface area contributed by atoms with Gasteiger partial charge in [-0.1, -0.05) is 11.3 Å². The Morgan fingerprint density at radius 1 is 1.43 bits per heavy atom. The van der Waals surface area contributed by atoms with Crippen molar-refractivity contribution in [2.24, 2.45) is 11.3 Å². The Morgan fingerprint density at radius 2 is 2.19 bits per heavy atom. The summed E-state index contributed by atoms with van der Waals surface area (Å²) in [6.07, 6.45) is 5.68. The van der Waals surface area contributed by atoms with Gasteiger partial charge in [0.25, 0.3) is 0 Å². The maximum absolute atomic E-state index is 12.2. The summed E-state index contributed by atoms with van der Waals surface area (Å²) in [4.78, 5) is 14.5. The number of rotatable bonds is 3. The monoisotopic (exact) mass is 308 g/mol. The van der Waals surface area contributed by atoms with E-state index in [2.05, 4.69) is 20.4 Å². The maximum Gasteiger partial charge on any atom is 0.223 e. The Bertz CT molecular complexity index is 480. The average molecular weight is 308 g/mol. The Kier molecular flexibility index (Phi) is 4.15. The van der Waals surface area contributed by atoms with Crippen molar-refractivity contribution in [1.82, 2.24) is 15.5 Å².